The summed E-state index contributed by atoms with van der Waals surface area (Å²) in [5.41, 5.74) is 7.10. The molecule has 2 nitrogen and oxygen atoms in total. The molecular weight excluding hydrogens is 342 g/mol. The van der Waals surface area contributed by atoms with Crippen LogP contribution in [0.2, 0.25) is 0 Å². The highest BCUT2D eigenvalue weighted by Gasteiger charge is 2.24. The van der Waals surface area contributed by atoms with Crippen molar-refractivity contribution in [2.75, 3.05) is 5.32 Å². The van der Waals surface area contributed by atoms with E-state index in [1.54, 1.807) is 0 Å². The van der Waals surface area contributed by atoms with Crippen molar-refractivity contribution in [3.8, 4) is 0 Å². The Morgan fingerprint density at radius 1 is 0.821 bits per heavy atom. The van der Waals surface area contributed by atoms with Gasteiger partial charge in [-0.1, -0.05) is 78.0 Å². The third-order valence-electron chi connectivity index (χ3n) is 5.68. The Morgan fingerprint density at radius 3 is 2.18 bits per heavy atom. The molecule has 1 heterocycles. The van der Waals surface area contributed by atoms with Crippen LogP contribution in [0.1, 0.15) is 59.9 Å². The van der Waals surface area contributed by atoms with Crippen LogP contribution in [-0.4, -0.2) is 0 Å². The van der Waals surface area contributed by atoms with Gasteiger partial charge >= 0.3 is 0 Å². The number of anilines is 1. The lowest BCUT2D eigenvalue weighted by Crippen LogP contribution is -2.16. The van der Waals surface area contributed by atoms with Gasteiger partial charge in [0, 0.05) is 22.0 Å². The second-order valence-electron chi connectivity index (χ2n) is 9.92. The van der Waals surface area contributed by atoms with E-state index in [-0.39, 0.29) is 10.8 Å². The summed E-state index contributed by atoms with van der Waals surface area (Å²) >= 11 is 0. The van der Waals surface area contributed by atoms with Crippen molar-refractivity contribution < 1.29 is 4.42 Å². The third-order valence-corrected chi connectivity index (χ3v) is 5.68. The average Bonchev–Trinajstić information content (AvgIpc) is 3.00. The van der Waals surface area contributed by atoms with Gasteiger partial charge in [0.1, 0.15) is 5.58 Å². The quantitative estimate of drug-likeness (QED) is 0.493. The van der Waals surface area contributed by atoms with Crippen LogP contribution in [0.5, 0.6) is 0 Å². The first-order valence-electron chi connectivity index (χ1n) is 10.3. The van der Waals surface area contributed by atoms with Crippen LogP contribution in [0.25, 0.3) is 21.9 Å². The minimum absolute atomic E-state index is 0.0367. The fraction of sp³-hybridized carbons (Fsp3) is 0.385. The largest absolute Gasteiger partial charge is 0.454 e. The van der Waals surface area contributed by atoms with E-state index in [0.717, 1.165) is 29.7 Å². The van der Waals surface area contributed by atoms with Crippen LogP contribution in [-0.2, 0) is 5.41 Å². The van der Waals surface area contributed by atoms with Gasteiger partial charge in [-0.05, 0) is 41.4 Å². The standard InChI is InChI=1S/C26H31NO/c1-25(2,3)19-13-7-8-15-21(19)27-22-16-10-12-18-17-11-9-14-20(26(4,5)6)23(17)28-24(18)22/h8-12,14-16,27H,7,13H2,1-6H3. The maximum Gasteiger partial charge on any atom is 0.158 e. The molecule has 0 radical (unpaired) electrons. The first-order valence-corrected chi connectivity index (χ1v) is 10.3. The van der Waals surface area contributed by atoms with Gasteiger partial charge in [0.2, 0.25) is 0 Å². The molecule has 28 heavy (non-hydrogen) atoms. The van der Waals surface area contributed by atoms with Gasteiger partial charge in [0.15, 0.2) is 5.58 Å². The molecule has 0 amide bonds. The van der Waals surface area contributed by atoms with E-state index in [4.69, 9.17) is 4.42 Å². The van der Waals surface area contributed by atoms with E-state index in [1.165, 1.54) is 27.6 Å². The number of rotatable bonds is 2. The number of hydrogen-bond acceptors (Lipinski definition) is 2. The maximum absolute atomic E-state index is 6.49. The van der Waals surface area contributed by atoms with Gasteiger partial charge < -0.3 is 9.73 Å². The molecule has 0 unspecified atom stereocenters. The van der Waals surface area contributed by atoms with Crippen molar-refractivity contribution in [3.63, 3.8) is 0 Å². The molecule has 2 heteroatoms. The summed E-state index contributed by atoms with van der Waals surface area (Å²) in [5, 5.41) is 6.06. The van der Waals surface area contributed by atoms with Crippen molar-refractivity contribution in [1.82, 2.24) is 0 Å². The van der Waals surface area contributed by atoms with Crippen molar-refractivity contribution in [2.24, 2.45) is 5.41 Å². The third kappa shape index (κ3) is 3.26. The Balaban J connectivity index is 1.90. The summed E-state index contributed by atoms with van der Waals surface area (Å²) in [4.78, 5) is 0. The molecule has 0 bridgehead atoms. The number of furan rings is 1. The van der Waals surface area contributed by atoms with Crippen LogP contribution < -0.4 is 5.32 Å². The molecule has 1 aliphatic rings. The normalized spacial score (nSPS) is 15.6. The van der Waals surface area contributed by atoms with Crippen LogP contribution in [0.4, 0.5) is 5.69 Å². The fourth-order valence-corrected chi connectivity index (χ4v) is 4.21. The van der Waals surface area contributed by atoms with Gasteiger partial charge in [-0.25, -0.2) is 0 Å². The minimum Gasteiger partial charge on any atom is -0.454 e. The maximum atomic E-state index is 6.49. The van der Waals surface area contributed by atoms with Crippen LogP contribution in [0.3, 0.4) is 0 Å². The van der Waals surface area contributed by atoms with Gasteiger partial charge in [-0.2, -0.15) is 0 Å². The minimum atomic E-state index is 0.0367. The molecule has 0 aliphatic heterocycles. The molecule has 1 aromatic heterocycles. The molecule has 4 rings (SSSR count). The highest BCUT2D eigenvalue weighted by atomic mass is 16.3. The summed E-state index contributed by atoms with van der Waals surface area (Å²) in [5.74, 6) is 0. The summed E-state index contributed by atoms with van der Waals surface area (Å²) < 4.78 is 6.49. The Hall–Kier alpha value is -2.48. The lowest BCUT2D eigenvalue weighted by molar-refractivity contribution is 0.477. The molecule has 1 N–H and O–H groups in total. The van der Waals surface area contributed by atoms with Crippen molar-refractivity contribution in [2.45, 2.75) is 59.8 Å². The zero-order valence-electron chi connectivity index (χ0n) is 17.9. The van der Waals surface area contributed by atoms with Gasteiger partial charge in [0.25, 0.3) is 0 Å². The molecular formula is C26H31NO. The van der Waals surface area contributed by atoms with Gasteiger partial charge in [0.05, 0.1) is 5.69 Å². The second kappa shape index (κ2) is 6.55. The Labute approximate surface area is 168 Å². The first-order chi connectivity index (χ1) is 13.2. The van der Waals surface area contributed by atoms with E-state index in [9.17, 15) is 0 Å². The van der Waals surface area contributed by atoms with Gasteiger partial charge in [-0.3, -0.25) is 0 Å². The lowest BCUT2D eigenvalue weighted by atomic mass is 9.80. The molecule has 0 atom stereocenters. The number of nitrogens with one attached hydrogen (secondary N) is 1. The summed E-state index contributed by atoms with van der Waals surface area (Å²) in [6, 6.07) is 12.9. The Morgan fingerprint density at radius 2 is 1.50 bits per heavy atom. The second-order valence-corrected chi connectivity index (χ2v) is 9.92. The van der Waals surface area contributed by atoms with E-state index < -0.39 is 0 Å². The molecule has 0 saturated heterocycles. The molecule has 3 aromatic rings. The van der Waals surface area contributed by atoms with Crippen molar-refractivity contribution >= 4 is 27.6 Å². The zero-order valence-corrected chi connectivity index (χ0v) is 17.9. The number of allylic oxidation sites excluding steroid dienone is 3. The Bertz CT molecular complexity index is 1100. The van der Waals surface area contributed by atoms with Crippen LogP contribution in [0.15, 0.2) is 64.2 Å². The summed E-state index contributed by atoms with van der Waals surface area (Å²) in [6.07, 6.45) is 6.70. The average molecular weight is 374 g/mol. The van der Waals surface area contributed by atoms with Gasteiger partial charge in [-0.15, -0.1) is 0 Å². The fourth-order valence-electron chi connectivity index (χ4n) is 4.21. The van der Waals surface area contributed by atoms with E-state index in [2.05, 4.69) is 95.4 Å². The zero-order chi connectivity index (χ0) is 20.1. The first kappa shape index (κ1) is 18.9. The van der Waals surface area contributed by atoms with Crippen molar-refractivity contribution in [1.29, 1.82) is 0 Å². The summed E-state index contributed by atoms with van der Waals surface area (Å²) in [6.45, 7) is 13.6. The van der Waals surface area contributed by atoms with E-state index in [0.29, 0.717) is 0 Å². The van der Waals surface area contributed by atoms with Crippen LogP contribution in [0, 0.1) is 5.41 Å². The highest BCUT2D eigenvalue weighted by Crippen LogP contribution is 2.40. The van der Waals surface area contributed by atoms with E-state index in [1.807, 2.05) is 0 Å². The molecule has 2 aromatic carbocycles. The molecule has 0 saturated carbocycles. The van der Waals surface area contributed by atoms with Crippen LogP contribution >= 0.6 is 0 Å². The highest BCUT2D eigenvalue weighted by molar-refractivity contribution is 6.10. The molecule has 0 spiro atoms. The number of fused-ring (bicyclic) bond motifs is 3. The monoisotopic (exact) mass is 373 g/mol. The predicted octanol–water partition coefficient (Wildman–Crippen LogP) is 7.95. The smallest absolute Gasteiger partial charge is 0.158 e. The van der Waals surface area contributed by atoms with E-state index >= 15 is 0 Å². The molecule has 0 fully saturated rings. The number of benzene rings is 2. The molecule has 1 aliphatic carbocycles. The Kier molecular flexibility index (Phi) is 4.41. The van der Waals surface area contributed by atoms with Crippen molar-refractivity contribution in [3.05, 3.63) is 65.4 Å². The lowest BCUT2D eigenvalue weighted by Gasteiger charge is -2.28. The predicted molar refractivity (Wildman–Crippen MR) is 121 cm³/mol. The number of para-hydroxylation sites is 2. The SMILES string of the molecule is CC(C)(C)C1=C(Nc2cccc3c2oc2c(C(C)(C)C)cccc23)C=CCC1. The summed E-state index contributed by atoms with van der Waals surface area (Å²) in [7, 11) is 0. The molecule has 146 valence electrons. The number of hydrogen-bond donors (Lipinski definition) is 1. The topological polar surface area (TPSA) is 25.2 Å².